The summed E-state index contributed by atoms with van der Waals surface area (Å²) in [4.78, 5) is 5.27. The van der Waals surface area contributed by atoms with Crippen molar-refractivity contribution >= 4 is 22.2 Å². The van der Waals surface area contributed by atoms with E-state index in [1.807, 2.05) is 0 Å². The lowest BCUT2D eigenvalue weighted by molar-refractivity contribution is 0.900. The Morgan fingerprint density at radius 2 is 1.48 bits per heavy atom. The quantitative estimate of drug-likeness (QED) is 0.325. The van der Waals surface area contributed by atoms with Gasteiger partial charge in [-0.1, -0.05) is 60.7 Å². The zero-order chi connectivity index (χ0) is 19.3. The molecule has 0 spiro atoms. The van der Waals surface area contributed by atoms with Crippen molar-refractivity contribution in [1.29, 1.82) is 0 Å². The first-order valence-electron chi connectivity index (χ1n) is 10.5. The van der Waals surface area contributed by atoms with Crippen LogP contribution in [0.25, 0.3) is 10.8 Å². The van der Waals surface area contributed by atoms with E-state index in [1.165, 1.54) is 61.0 Å². The molecule has 0 aromatic heterocycles. The molecule has 0 N–H and O–H groups in total. The number of benzene rings is 4. The average Bonchev–Trinajstić information content (AvgIpc) is 3.12. The maximum Gasteiger partial charge on any atom is 0.0671 e. The van der Waals surface area contributed by atoms with E-state index in [0.29, 0.717) is 0 Å². The van der Waals surface area contributed by atoms with E-state index in [1.54, 1.807) is 0 Å². The first kappa shape index (κ1) is 15.7. The summed E-state index contributed by atoms with van der Waals surface area (Å²) in [5.41, 5.74) is 14.0. The average molecular weight is 371 g/mol. The van der Waals surface area contributed by atoms with E-state index in [9.17, 15) is 0 Å². The summed E-state index contributed by atoms with van der Waals surface area (Å²) >= 11 is 0. The van der Waals surface area contributed by atoms with Crippen LogP contribution in [0, 0.1) is 13.8 Å². The number of hydrogen-bond donors (Lipinski definition) is 0. The van der Waals surface area contributed by atoms with E-state index in [0.717, 1.165) is 12.1 Å². The largest absolute Gasteiger partial charge is 0.256 e. The van der Waals surface area contributed by atoms with Crippen LogP contribution in [0.2, 0.25) is 0 Å². The Kier molecular flexibility index (Phi) is 2.84. The van der Waals surface area contributed by atoms with Crippen LogP contribution in [0.4, 0.5) is 5.69 Å². The molecule has 0 saturated heterocycles. The Labute approximate surface area is 170 Å². The van der Waals surface area contributed by atoms with Crippen LogP contribution in [-0.4, -0.2) is 5.71 Å². The Morgan fingerprint density at radius 3 is 2.38 bits per heavy atom. The molecule has 1 aliphatic heterocycles. The van der Waals surface area contributed by atoms with Crippen molar-refractivity contribution in [1.82, 2.24) is 0 Å². The fraction of sp³-hybridized carbons (Fsp3) is 0.179. The molecule has 3 aliphatic rings. The molecule has 1 heteroatoms. The van der Waals surface area contributed by atoms with E-state index in [2.05, 4.69) is 80.6 Å². The van der Waals surface area contributed by atoms with Crippen molar-refractivity contribution in [3.8, 4) is 0 Å². The molecule has 2 aliphatic carbocycles. The van der Waals surface area contributed by atoms with Gasteiger partial charge in [-0.05, 0) is 81.6 Å². The summed E-state index contributed by atoms with van der Waals surface area (Å²) in [6.07, 6.45) is 1.02. The first-order valence-corrected chi connectivity index (χ1v) is 10.5. The van der Waals surface area contributed by atoms with Gasteiger partial charge in [-0.2, -0.15) is 0 Å². The first-order chi connectivity index (χ1) is 14.2. The number of para-hydroxylation sites is 1. The molecule has 2 atom stereocenters. The smallest absolute Gasteiger partial charge is 0.0671 e. The van der Waals surface area contributed by atoms with Gasteiger partial charge in [0.05, 0.1) is 11.6 Å². The summed E-state index contributed by atoms with van der Waals surface area (Å²) in [6.45, 7) is 4.55. The molecule has 1 nitrogen and oxygen atoms in total. The van der Waals surface area contributed by atoms with Crippen LogP contribution in [0.15, 0.2) is 71.7 Å². The highest BCUT2D eigenvalue weighted by atomic mass is 14.8. The summed E-state index contributed by atoms with van der Waals surface area (Å²) < 4.78 is 0. The van der Waals surface area contributed by atoms with Crippen molar-refractivity contribution in [2.24, 2.45) is 4.99 Å². The molecule has 4 aromatic rings. The molecule has 0 saturated carbocycles. The second-order valence-corrected chi connectivity index (χ2v) is 8.82. The maximum atomic E-state index is 5.27. The van der Waals surface area contributed by atoms with Gasteiger partial charge in [0, 0.05) is 11.6 Å². The van der Waals surface area contributed by atoms with Crippen molar-refractivity contribution in [3.63, 3.8) is 0 Å². The third kappa shape index (κ3) is 1.84. The molecule has 0 fully saturated rings. The highest BCUT2D eigenvalue weighted by Crippen LogP contribution is 2.56. The minimum absolute atomic E-state index is 0.268. The molecule has 138 valence electrons. The topological polar surface area (TPSA) is 12.4 Å². The summed E-state index contributed by atoms with van der Waals surface area (Å²) in [5, 5.41) is 2.91. The van der Waals surface area contributed by atoms with Gasteiger partial charge in [0.15, 0.2) is 0 Å². The Morgan fingerprint density at radius 1 is 0.724 bits per heavy atom. The van der Waals surface area contributed by atoms with Crippen LogP contribution < -0.4 is 0 Å². The van der Waals surface area contributed by atoms with E-state index < -0.39 is 0 Å². The van der Waals surface area contributed by atoms with Crippen LogP contribution >= 0.6 is 0 Å². The van der Waals surface area contributed by atoms with Gasteiger partial charge in [0.25, 0.3) is 0 Å². The fourth-order valence-corrected chi connectivity index (χ4v) is 6.19. The second kappa shape index (κ2) is 5.24. The molecule has 4 aromatic carbocycles. The van der Waals surface area contributed by atoms with Crippen molar-refractivity contribution in [2.45, 2.75) is 32.1 Å². The lowest BCUT2D eigenvalue weighted by atomic mass is 9.64. The lowest BCUT2D eigenvalue weighted by Gasteiger charge is -2.38. The van der Waals surface area contributed by atoms with Crippen molar-refractivity contribution in [3.05, 3.63) is 111 Å². The van der Waals surface area contributed by atoms with Crippen LogP contribution in [0.1, 0.15) is 56.3 Å². The molecule has 7 rings (SSSR count). The number of rotatable bonds is 0. The van der Waals surface area contributed by atoms with Gasteiger partial charge in [0.2, 0.25) is 0 Å². The standard InChI is InChI=1S/C28H21N/c1-15-13-16(2)23-25-19(15)12-11-18-14-17-7-3-4-8-20(17)26(24(18)25)28-27(23)21-9-5-6-10-22(21)29-28/h3-13,26-27H,14H2,1-2H3. The normalized spacial score (nSPS) is 20.1. The maximum absolute atomic E-state index is 5.27. The minimum atomic E-state index is 0.268. The van der Waals surface area contributed by atoms with Gasteiger partial charge in [-0.25, -0.2) is 0 Å². The van der Waals surface area contributed by atoms with E-state index in [4.69, 9.17) is 4.99 Å². The second-order valence-electron chi connectivity index (χ2n) is 8.82. The molecular formula is C28H21N. The molecular weight excluding hydrogens is 350 g/mol. The van der Waals surface area contributed by atoms with Crippen LogP contribution in [0.5, 0.6) is 0 Å². The molecule has 0 bridgehead atoms. The Hall–Kier alpha value is -3.19. The fourth-order valence-electron chi connectivity index (χ4n) is 6.19. The molecule has 0 amide bonds. The Bertz CT molecular complexity index is 1410. The number of aryl methyl sites for hydroxylation is 2. The zero-order valence-corrected chi connectivity index (χ0v) is 16.7. The lowest BCUT2D eigenvalue weighted by Crippen LogP contribution is -2.30. The SMILES string of the molecule is Cc1cc(C)c2ccc3c4c2c1C1C(=Nc2ccccc21)C4c1ccccc1C3. The van der Waals surface area contributed by atoms with Crippen LogP contribution in [-0.2, 0) is 6.42 Å². The highest BCUT2D eigenvalue weighted by molar-refractivity contribution is 6.15. The molecule has 0 radical (unpaired) electrons. The highest BCUT2D eigenvalue weighted by Gasteiger charge is 2.44. The number of aliphatic imine (C=N–C) groups is 1. The third-order valence-corrected chi connectivity index (χ3v) is 7.30. The zero-order valence-electron chi connectivity index (χ0n) is 16.7. The van der Waals surface area contributed by atoms with Crippen LogP contribution in [0.3, 0.4) is 0 Å². The molecule has 1 heterocycles. The van der Waals surface area contributed by atoms with Gasteiger partial charge in [-0.3, -0.25) is 4.99 Å². The van der Waals surface area contributed by atoms with Crippen molar-refractivity contribution < 1.29 is 0 Å². The van der Waals surface area contributed by atoms with Gasteiger partial charge in [0.1, 0.15) is 0 Å². The van der Waals surface area contributed by atoms with E-state index >= 15 is 0 Å². The number of nitrogens with zero attached hydrogens (tertiary/aromatic N) is 1. The Balaban J connectivity index is 1.70. The molecule has 29 heavy (non-hydrogen) atoms. The predicted molar refractivity (Wildman–Crippen MR) is 120 cm³/mol. The van der Waals surface area contributed by atoms with Gasteiger partial charge in [-0.15, -0.1) is 0 Å². The summed E-state index contributed by atoms with van der Waals surface area (Å²) in [7, 11) is 0. The minimum Gasteiger partial charge on any atom is -0.256 e. The number of fused-ring (bicyclic) bond motifs is 7. The van der Waals surface area contributed by atoms with Gasteiger partial charge >= 0.3 is 0 Å². The van der Waals surface area contributed by atoms with Gasteiger partial charge < -0.3 is 0 Å². The monoisotopic (exact) mass is 371 g/mol. The van der Waals surface area contributed by atoms with E-state index in [-0.39, 0.29) is 11.8 Å². The predicted octanol–water partition coefficient (Wildman–Crippen LogP) is 6.72. The number of hydrogen-bond acceptors (Lipinski definition) is 1. The van der Waals surface area contributed by atoms with Crippen molar-refractivity contribution in [2.75, 3.05) is 0 Å². The summed E-state index contributed by atoms with van der Waals surface area (Å²) in [6, 6.07) is 24.9. The third-order valence-electron chi connectivity index (χ3n) is 7.30. The summed E-state index contributed by atoms with van der Waals surface area (Å²) in [5.74, 6) is 0.540. The molecule has 2 unspecified atom stereocenters.